The van der Waals surface area contributed by atoms with Crippen LogP contribution >= 0.6 is 0 Å². The predicted molar refractivity (Wildman–Crippen MR) is 60.3 cm³/mol. The van der Waals surface area contributed by atoms with Crippen LogP contribution in [0.5, 0.6) is 0 Å². The van der Waals surface area contributed by atoms with E-state index < -0.39 is 0 Å². The first-order valence-corrected chi connectivity index (χ1v) is 4.94. The molecule has 0 fully saturated rings. The molecule has 1 unspecified atom stereocenters. The second-order valence-corrected chi connectivity index (χ2v) is 3.10. The van der Waals surface area contributed by atoms with Crippen molar-refractivity contribution in [3.05, 3.63) is 36.6 Å². The van der Waals surface area contributed by atoms with E-state index in [1.807, 2.05) is 13.0 Å². The van der Waals surface area contributed by atoms with E-state index in [0.29, 0.717) is 5.92 Å². The molecule has 0 spiro atoms. The van der Waals surface area contributed by atoms with Crippen LogP contribution in [0, 0.1) is 5.92 Å². The lowest BCUT2D eigenvalue weighted by Crippen LogP contribution is -2.02. The molecule has 1 atom stereocenters. The molecule has 2 N–H and O–H groups in total. The number of rotatable bonds is 6. The summed E-state index contributed by atoms with van der Waals surface area (Å²) in [6, 6.07) is 0. The van der Waals surface area contributed by atoms with Crippen molar-refractivity contribution in [2.75, 3.05) is 0 Å². The molecule has 13 heavy (non-hydrogen) atoms. The third kappa shape index (κ3) is 4.56. The minimum absolute atomic E-state index is 0.454. The molecule has 0 aromatic rings. The van der Waals surface area contributed by atoms with Gasteiger partial charge in [0.2, 0.25) is 0 Å². The molecule has 0 radical (unpaired) electrons. The predicted octanol–water partition coefficient (Wildman–Crippen LogP) is 3.40. The maximum Gasteiger partial charge on any atom is -0.00113 e. The first-order valence-electron chi connectivity index (χ1n) is 4.94. The van der Waals surface area contributed by atoms with Crippen LogP contribution in [0.15, 0.2) is 36.6 Å². The van der Waals surface area contributed by atoms with Crippen LogP contribution in [0.3, 0.4) is 0 Å². The van der Waals surface area contributed by atoms with E-state index in [9.17, 15) is 0 Å². The lowest BCUT2D eigenvalue weighted by Gasteiger charge is -2.13. The normalized spacial score (nSPS) is 14.8. The van der Waals surface area contributed by atoms with E-state index in [2.05, 4.69) is 25.7 Å². The fourth-order valence-corrected chi connectivity index (χ4v) is 1.39. The van der Waals surface area contributed by atoms with Gasteiger partial charge in [-0.25, -0.2) is 0 Å². The summed E-state index contributed by atoms with van der Waals surface area (Å²) in [6.45, 7) is 8.01. The molecular formula is C12H21N. The maximum atomic E-state index is 5.57. The van der Waals surface area contributed by atoms with Crippen LogP contribution in [0.25, 0.3) is 0 Å². The van der Waals surface area contributed by atoms with Gasteiger partial charge in [0.15, 0.2) is 0 Å². The zero-order valence-electron chi connectivity index (χ0n) is 8.79. The third-order valence-electron chi connectivity index (χ3n) is 2.25. The molecule has 0 saturated heterocycles. The lowest BCUT2D eigenvalue weighted by molar-refractivity contribution is 0.685. The molecule has 1 heteroatoms. The van der Waals surface area contributed by atoms with E-state index in [0.717, 1.165) is 19.3 Å². The van der Waals surface area contributed by atoms with Gasteiger partial charge in [-0.05, 0) is 43.9 Å². The second-order valence-electron chi connectivity index (χ2n) is 3.10. The Labute approximate surface area is 82.0 Å². The minimum atomic E-state index is 0.454. The largest absolute Gasteiger partial charge is 0.405 e. The van der Waals surface area contributed by atoms with Gasteiger partial charge in [0, 0.05) is 0 Å². The minimum Gasteiger partial charge on any atom is -0.405 e. The van der Waals surface area contributed by atoms with Gasteiger partial charge in [-0.1, -0.05) is 25.2 Å². The van der Waals surface area contributed by atoms with Gasteiger partial charge in [0.1, 0.15) is 0 Å². The average molecular weight is 179 g/mol. The number of hydrogen-bond donors (Lipinski definition) is 1. The maximum absolute atomic E-state index is 5.57. The number of allylic oxidation sites excluding steroid dienone is 4. The van der Waals surface area contributed by atoms with Crippen LogP contribution in [0.4, 0.5) is 0 Å². The SMILES string of the molecule is C=CC(CC)/C(=C/N)CC/C=C\C. The van der Waals surface area contributed by atoms with E-state index in [-0.39, 0.29) is 0 Å². The zero-order chi connectivity index (χ0) is 10.1. The van der Waals surface area contributed by atoms with Crippen LogP contribution < -0.4 is 5.73 Å². The van der Waals surface area contributed by atoms with Gasteiger partial charge in [0.05, 0.1) is 0 Å². The highest BCUT2D eigenvalue weighted by atomic mass is 14.5. The summed E-state index contributed by atoms with van der Waals surface area (Å²) in [7, 11) is 0. The van der Waals surface area contributed by atoms with Crippen LogP contribution in [0.1, 0.15) is 33.1 Å². The molecule has 1 nitrogen and oxygen atoms in total. The summed E-state index contributed by atoms with van der Waals surface area (Å²) in [6.07, 6.45) is 11.2. The molecule has 0 bridgehead atoms. The lowest BCUT2D eigenvalue weighted by atomic mass is 9.93. The van der Waals surface area contributed by atoms with E-state index in [4.69, 9.17) is 5.73 Å². The van der Waals surface area contributed by atoms with Crippen molar-refractivity contribution in [1.82, 2.24) is 0 Å². The molecule has 0 aliphatic rings. The average Bonchev–Trinajstić information content (AvgIpc) is 2.17. The molecule has 0 aromatic heterocycles. The quantitative estimate of drug-likeness (QED) is 0.621. The summed E-state index contributed by atoms with van der Waals surface area (Å²) in [4.78, 5) is 0. The van der Waals surface area contributed by atoms with Crippen molar-refractivity contribution in [1.29, 1.82) is 0 Å². The van der Waals surface area contributed by atoms with Crippen molar-refractivity contribution in [3.63, 3.8) is 0 Å². The Morgan fingerprint density at radius 2 is 2.23 bits per heavy atom. The van der Waals surface area contributed by atoms with Gasteiger partial charge in [-0.15, -0.1) is 6.58 Å². The summed E-state index contributed by atoms with van der Waals surface area (Å²) >= 11 is 0. The zero-order valence-corrected chi connectivity index (χ0v) is 8.79. The van der Waals surface area contributed by atoms with Crippen LogP contribution in [-0.2, 0) is 0 Å². The standard InChI is InChI=1S/C12H21N/c1-4-7-8-9-12(10-13)11(5-2)6-3/h4-5,7,10-11H,2,6,8-9,13H2,1,3H3/b7-4-,12-10+. The van der Waals surface area contributed by atoms with Crippen molar-refractivity contribution in [3.8, 4) is 0 Å². The Balaban J connectivity index is 4.09. The summed E-state index contributed by atoms with van der Waals surface area (Å²) in [5, 5.41) is 0. The highest BCUT2D eigenvalue weighted by Gasteiger charge is 2.06. The fourth-order valence-electron chi connectivity index (χ4n) is 1.39. The highest BCUT2D eigenvalue weighted by molar-refractivity contribution is 5.11. The Bertz CT molecular complexity index is 189. The number of nitrogens with two attached hydrogens (primary N) is 1. The third-order valence-corrected chi connectivity index (χ3v) is 2.25. The van der Waals surface area contributed by atoms with E-state index in [1.54, 1.807) is 6.20 Å². The molecule has 0 rings (SSSR count). The van der Waals surface area contributed by atoms with Crippen molar-refractivity contribution >= 4 is 0 Å². The summed E-state index contributed by atoms with van der Waals surface area (Å²) in [5.41, 5.74) is 6.87. The van der Waals surface area contributed by atoms with Crippen molar-refractivity contribution in [2.45, 2.75) is 33.1 Å². The Hall–Kier alpha value is -0.980. The van der Waals surface area contributed by atoms with Gasteiger partial charge in [0.25, 0.3) is 0 Å². The van der Waals surface area contributed by atoms with E-state index in [1.165, 1.54) is 5.57 Å². The topological polar surface area (TPSA) is 26.0 Å². The van der Waals surface area contributed by atoms with Crippen LogP contribution in [-0.4, -0.2) is 0 Å². The second kappa shape index (κ2) is 7.66. The van der Waals surface area contributed by atoms with Crippen molar-refractivity contribution < 1.29 is 0 Å². The number of hydrogen-bond acceptors (Lipinski definition) is 1. The molecule has 0 heterocycles. The van der Waals surface area contributed by atoms with Crippen molar-refractivity contribution in [2.24, 2.45) is 11.7 Å². The molecular weight excluding hydrogens is 158 g/mol. The van der Waals surface area contributed by atoms with Crippen LogP contribution in [0.2, 0.25) is 0 Å². The van der Waals surface area contributed by atoms with E-state index >= 15 is 0 Å². The van der Waals surface area contributed by atoms with Gasteiger partial charge < -0.3 is 5.73 Å². The van der Waals surface area contributed by atoms with Gasteiger partial charge >= 0.3 is 0 Å². The molecule has 0 aliphatic heterocycles. The first-order chi connectivity index (χ1) is 6.29. The molecule has 0 aliphatic carbocycles. The van der Waals surface area contributed by atoms with Gasteiger partial charge in [-0.3, -0.25) is 0 Å². The molecule has 0 saturated carbocycles. The fraction of sp³-hybridized carbons (Fsp3) is 0.500. The van der Waals surface area contributed by atoms with Gasteiger partial charge in [-0.2, -0.15) is 0 Å². The first kappa shape index (κ1) is 12.0. The monoisotopic (exact) mass is 179 g/mol. The molecule has 0 aromatic carbocycles. The Morgan fingerprint density at radius 1 is 1.54 bits per heavy atom. The summed E-state index contributed by atoms with van der Waals surface area (Å²) < 4.78 is 0. The smallest absolute Gasteiger partial charge is 0.00113 e. The Morgan fingerprint density at radius 3 is 2.62 bits per heavy atom. The molecule has 0 amide bonds. The highest BCUT2D eigenvalue weighted by Crippen LogP contribution is 2.20. The Kier molecular flexibility index (Phi) is 7.08. The molecule has 74 valence electrons. The summed E-state index contributed by atoms with van der Waals surface area (Å²) in [5.74, 6) is 0.454.